The van der Waals surface area contributed by atoms with Crippen molar-refractivity contribution in [3.8, 4) is 5.75 Å². The second kappa shape index (κ2) is 3.27. The summed E-state index contributed by atoms with van der Waals surface area (Å²) >= 11 is 10.5. The maximum atomic E-state index is 12.2. The van der Waals surface area contributed by atoms with Crippen molar-refractivity contribution in [3.63, 3.8) is 0 Å². The zero-order valence-electron chi connectivity index (χ0n) is 5.99. The minimum Gasteiger partial charge on any atom is -0.506 e. The van der Waals surface area contributed by atoms with Crippen molar-refractivity contribution in [2.75, 3.05) is 0 Å². The van der Waals surface area contributed by atoms with Gasteiger partial charge < -0.3 is 5.11 Å². The Kier molecular flexibility index (Phi) is 2.63. The largest absolute Gasteiger partial charge is 0.506 e. The molecule has 72 valence electrons. The summed E-state index contributed by atoms with van der Waals surface area (Å²) in [7, 11) is 0. The number of halogens is 5. The van der Waals surface area contributed by atoms with Crippen LogP contribution in [0.15, 0.2) is 12.1 Å². The van der Waals surface area contributed by atoms with Crippen molar-refractivity contribution in [2.45, 2.75) is 6.18 Å². The SMILES string of the molecule is Oc1c(Cl)ccc(Cl)c1C(F)(F)F. The van der Waals surface area contributed by atoms with Gasteiger partial charge >= 0.3 is 6.18 Å². The van der Waals surface area contributed by atoms with Crippen molar-refractivity contribution in [3.05, 3.63) is 27.7 Å². The fourth-order valence-corrected chi connectivity index (χ4v) is 1.23. The standard InChI is InChI=1S/C7H3Cl2F3O/c8-3-1-2-4(9)6(13)5(3)7(10,11)12/h1-2,13H. The van der Waals surface area contributed by atoms with Crippen LogP contribution in [0.3, 0.4) is 0 Å². The maximum absolute atomic E-state index is 12.2. The lowest BCUT2D eigenvalue weighted by molar-refractivity contribution is -0.138. The molecule has 0 bridgehead atoms. The van der Waals surface area contributed by atoms with Gasteiger partial charge in [0.05, 0.1) is 10.0 Å². The summed E-state index contributed by atoms with van der Waals surface area (Å²) in [6.45, 7) is 0. The Hall–Kier alpha value is -0.610. The summed E-state index contributed by atoms with van der Waals surface area (Å²) < 4.78 is 36.6. The third kappa shape index (κ3) is 2.00. The van der Waals surface area contributed by atoms with Crippen LogP contribution in [0.2, 0.25) is 10.0 Å². The Morgan fingerprint density at radius 2 is 1.54 bits per heavy atom. The maximum Gasteiger partial charge on any atom is 0.421 e. The molecule has 0 radical (unpaired) electrons. The second-order valence-electron chi connectivity index (χ2n) is 2.25. The summed E-state index contributed by atoms with van der Waals surface area (Å²) in [5, 5.41) is 8.02. The number of hydrogen-bond acceptors (Lipinski definition) is 1. The molecule has 13 heavy (non-hydrogen) atoms. The second-order valence-corrected chi connectivity index (χ2v) is 3.06. The number of hydrogen-bond donors (Lipinski definition) is 1. The third-order valence-corrected chi connectivity index (χ3v) is 1.98. The van der Waals surface area contributed by atoms with Crippen molar-refractivity contribution in [2.24, 2.45) is 0 Å². The zero-order chi connectivity index (χ0) is 10.2. The number of alkyl halides is 3. The highest BCUT2D eigenvalue weighted by Crippen LogP contribution is 2.43. The van der Waals surface area contributed by atoms with Crippen LogP contribution < -0.4 is 0 Å². The van der Waals surface area contributed by atoms with E-state index in [4.69, 9.17) is 28.3 Å². The highest BCUT2D eigenvalue weighted by molar-refractivity contribution is 6.34. The number of benzene rings is 1. The van der Waals surface area contributed by atoms with Gasteiger partial charge in [-0.05, 0) is 12.1 Å². The Labute approximate surface area is 81.7 Å². The first kappa shape index (κ1) is 10.5. The van der Waals surface area contributed by atoms with E-state index < -0.39 is 22.5 Å². The smallest absolute Gasteiger partial charge is 0.421 e. The lowest BCUT2D eigenvalue weighted by Gasteiger charge is -2.11. The van der Waals surface area contributed by atoms with E-state index in [1.807, 2.05) is 0 Å². The predicted molar refractivity (Wildman–Crippen MR) is 43.1 cm³/mol. The van der Waals surface area contributed by atoms with Crippen LogP contribution in [-0.4, -0.2) is 5.11 Å². The summed E-state index contributed by atoms with van der Waals surface area (Å²) in [5.74, 6) is -1.04. The predicted octanol–water partition coefficient (Wildman–Crippen LogP) is 3.72. The van der Waals surface area contributed by atoms with E-state index in [1.54, 1.807) is 0 Å². The first-order chi connectivity index (χ1) is 5.84. The summed E-state index contributed by atoms with van der Waals surface area (Å²) in [6.07, 6.45) is -4.70. The lowest BCUT2D eigenvalue weighted by Crippen LogP contribution is -2.06. The quantitative estimate of drug-likeness (QED) is 0.721. The average Bonchev–Trinajstić information content (AvgIpc) is 1.95. The molecule has 0 atom stereocenters. The van der Waals surface area contributed by atoms with Crippen LogP contribution >= 0.6 is 23.2 Å². The molecule has 0 aromatic heterocycles. The van der Waals surface area contributed by atoms with E-state index in [0.29, 0.717) is 0 Å². The van der Waals surface area contributed by atoms with Gasteiger partial charge in [0.25, 0.3) is 0 Å². The van der Waals surface area contributed by atoms with Crippen LogP contribution in [0.4, 0.5) is 13.2 Å². The fraction of sp³-hybridized carbons (Fsp3) is 0.143. The van der Waals surface area contributed by atoms with Crippen molar-refractivity contribution in [1.82, 2.24) is 0 Å². The van der Waals surface area contributed by atoms with Gasteiger partial charge in [-0.15, -0.1) is 0 Å². The van der Waals surface area contributed by atoms with Gasteiger partial charge in [-0.2, -0.15) is 13.2 Å². The first-order valence-corrected chi connectivity index (χ1v) is 3.84. The molecular weight excluding hydrogens is 228 g/mol. The third-order valence-electron chi connectivity index (χ3n) is 1.36. The summed E-state index contributed by atoms with van der Waals surface area (Å²) in [4.78, 5) is 0. The van der Waals surface area contributed by atoms with Crippen LogP contribution in [0.5, 0.6) is 5.75 Å². The van der Waals surface area contributed by atoms with Crippen molar-refractivity contribution in [1.29, 1.82) is 0 Å². The molecule has 0 amide bonds. The van der Waals surface area contributed by atoms with Crippen LogP contribution in [0.25, 0.3) is 0 Å². The van der Waals surface area contributed by atoms with Gasteiger partial charge in [-0.25, -0.2) is 0 Å². The van der Waals surface area contributed by atoms with Gasteiger partial charge in [-0.1, -0.05) is 23.2 Å². The number of phenols is 1. The highest BCUT2D eigenvalue weighted by Gasteiger charge is 2.37. The molecule has 0 aliphatic heterocycles. The van der Waals surface area contributed by atoms with E-state index in [9.17, 15) is 13.2 Å². The van der Waals surface area contributed by atoms with Crippen LogP contribution in [-0.2, 0) is 6.18 Å². The average molecular weight is 231 g/mol. The molecule has 0 fully saturated rings. The molecule has 1 rings (SSSR count). The molecule has 6 heteroatoms. The number of aromatic hydroxyl groups is 1. The van der Waals surface area contributed by atoms with E-state index in [2.05, 4.69) is 0 Å². The van der Waals surface area contributed by atoms with Crippen LogP contribution in [0, 0.1) is 0 Å². The molecule has 1 N–H and O–H groups in total. The number of rotatable bonds is 0. The monoisotopic (exact) mass is 230 g/mol. The van der Waals surface area contributed by atoms with E-state index in [1.165, 1.54) is 0 Å². The molecule has 0 saturated heterocycles. The molecule has 0 heterocycles. The van der Waals surface area contributed by atoms with Crippen molar-refractivity contribution >= 4 is 23.2 Å². The van der Waals surface area contributed by atoms with Gasteiger partial charge in [0, 0.05) is 0 Å². The fourth-order valence-electron chi connectivity index (χ4n) is 0.811. The molecule has 0 spiro atoms. The Bertz CT molecular complexity index is 335. The minimum absolute atomic E-state index is 0.378. The summed E-state index contributed by atoms with van der Waals surface area (Å²) in [5.41, 5.74) is -1.30. The van der Waals surface area contributed by atoms with Crippen LogP contribution in [0.1, 0.15) is 5.56 Å². The molecule has 1 aromatic rings. The molecule has 0 saturated carbocycles. The highest BCUT2D eigenvalue weighted by atomic mass is 35.5. The van der Waals surface area contributed by atoms with E-state index in [0.717, 1.165) is 12.1 Å². The topological polar surface area (TPSA) is 20.2 Å². The van der Waals surface area contributed by atoms with E-state index >= 15 is 0 Å². The van der Waals surface area contributed by atoms with Gasteiger partial charge in [0.15, 0.2) is 0 Å². The lowest BCUT2D eigenvalue weighted by atomic mass is 10.2. The molecule has 0 unspecified atom stereocenters. The van der Waals surface area contributed by atoms with Gasteiger partial charge in [0.2, 0.25) is 0 Å². The Balaban J connectivity index is 3.43. The van der Waals surface area contributed by atoms with Gasteiger partial charge in [0.1, 0.15) is 11.3 Å². The minimum atomic E-state index is -4.70. The molecule has 0 aliphatic carbocycles. The van der Waals surface area contributed by atoms with Gasteiger partial charge in [-0.3, -0.25) is 0 Å². The molecule has 1 aromatic carbocycles. The Morgan fingerprint density at radius 3 is 1.92 bits per heavy atom. The molecular formula is C7H3Cl2F3O. The summed E-state index contributed by atoms with van der Waals surface area (Å²) in [6, 6.07) is 2.07. The zero-order valence-corrected chi connectivity index (χ0v) is 7.50. The number of phenolic OH excluding ortho intramolecular Hbond substituents is 1. The first-order valence-electron chi connectivity index (χ1n) is 3.08. The molecule has 0 aliphatic rings. The van der Waals surface area contributed by atoms with Crippen molar-refractivity contribution < 1.29 is 18.3 Å². The molecule has 1 nitrogen and oxygen atoms in total. The van der Waals surface area contributed by atoms with E-state index in [-0.39, 0.29) is 5.02 Å². The normalized spacial score (nSPS) is 11.8. The Morgan fingerprint density at radius 1 is 1.08 bits per heavy atom.